The van der Waals surface area contributed by atoms with E-state index in [-0.39, 0.29) is 17.9 Å². The molecule has 0 spiro atoms. The van der Waals surface area contributed by atoms with Gasteiger partial charge in [-0.05, 0) is 30.4 Å². The maximum Gasteiger partial charge on any atom is 0.227 e. The van der Waals surface area contributed by atoms with Crippen molar-refractivity contribution >= 4 is 5.91 Å². The molecule has 1 heterocycles. The highest BCUT2D eigenvalue weighted by molar-refractivity contribution is 5.82. The van der Waals surface area contributed by atoms with Gasteiger partial charge in [0.1, 0.15) is 6.04 Å². The van der Waals surface area contributed by atoms with Gasteiger partial charge in [0.05, 0.1) is 12.6 Å². The van der Waals surface area contributed by atoms with Gasteiger partial charge >= 0.3 is 0 Å². The SMILES string of the molecule is N#CC1CN1C(=O)C1CCc2ccccc2C1. The zero-order valence-electron chi connectivity index (χ0n) is 9.60. The van der Waals surface area contributed by atoms with Gasteiger partial charge in [-0.2, -0.15) is 5.26 Å². The highest BCUT2D eigenvalue weighted by Crippen LogP contribution is 2.29. The van der Waals surface area contributed by atoms with E-state index >= 15 is 0 Å². The van der Waals surface area contributed by atoms with Gasteiger partial charge in [-0.25, -0.2) is 0 Å². The monoisotopic (exact) mass is 226 g/mol. The normalized spacial score (nSPS) is 25.9. The van der Waals surface area contributed by atoms with Crippen LogP contribution >= 0.6 is 0 Å². The number of carbonyl (C=O) groups is 1. The third-order valence-electron chi connectivity index (χ3n) is 3.74. The van der Waals surface area contributed by atoms with Gasteiger partial charge in [0.15, 0.2) is 0 Å². The van der Waals surface area contributed by atoms with Crippen LogP contribution in [0.3, 0.4) is 0 Å². The summed E-state index contributed by atoms with van der Waals surface area (Å²) in [6.45, 7) is 0.632. The summed E-state index contributed by atoms with van der Waals surface area (Å²) < 4.78 is 0. The molecule has 3 nitrogen and oxygen atoms in total. The number of benzene rings is 1. The van der Waals surface area contributed by atoms with Crippen molar-refractivity contribution in [3.8, 4) is 6.07 Å². The predicted octanol–water partition coefficient (Wildman–Crippen LogP) is 1.53. The first-order valence-corrected chi connectivity index (χ1v) is 6.06. The lowest BCUT2D eigenvalue weighted by molar-refractivity contribution is -0.130. The summed E-state index contributed by atoms with van der Waals surface area (Å²) in [5, 5.41) is 8.74. The fourth-order valence-electron chi connectivity index (χ4n) is 2.64. The Bertz CT molecular complexity index is 503. The standard InChI is InChI=1S/C14H14N2O/c15-8-13-9-16(13)14(17)12-6-5-10-3-1-2-4-11(10)7-12/h1-4,12-13H,5-7,9H2. The minimum absolute atomic E-state index is 0.0863. The summed E-state index contributed by atoms with van der Waals surface area (Å²) in [6.07, 6.45) is 2.74. The van der Waals surface area contributed by atoms with Crippen LogP contribution in [0.25, 0.3) is 0 Å². The van der Waals surface area contributed by atoms with Crippen LogP contribution in [0, 0.1) is 17.2 Å². The second-order valence-electron chi connectivity index (χ2n) is 4.84. The van der Waals surface area contributed by atoms with Crippen molar-refractivity contribution in [2.75, 3.05) is 6.54 Å². The van der Waals surface area contributed by atoms with E-state index in [9.17, 15) is 4.79 Å². The summed E-state index contributed by atoms with van der Waals surface area (Å²) >= 11 is 0. The molecule has 1 saturated heterocycles. The summed E-state index contributed by atoms with van der Waals surface area (Å²) in [7, 11) is 0. The van der Waals surface area contributed by atoms with Gasteiger partial charge in [0, 0.05) is 5.92 Å². The molecule has 86 valence electrons. The molecule has 0 N–H and O–H groups in total. The lowest BCUT2D eigenvalue weighted by Gasteiger charge is -2.23. The number of fused-ring (bicyclic) bond motifs is 1. The molecule has 1 aliphatic heterocycles. The van der Waals surface area contributed by atoms with Gasteiger partial charge in [-0.15, -0.1) is 0 Å². The molecule has 0 aromatic heterocycles. The Balaban J connectivity index is 1.73. The fourth-order valence-corrected chi connectivity index (χ4v) is 2.64. The molecule has 2 unspecified atom stereocenters. The first kappa shape index (κ1) is 10.3. The Morgan fingerprint density at radius 3 is 2.82 bits per heavy atom. The first-order valence-electron chi connectivity index (χ1n) is 6.06. The lowest BCUT2D eigenvalue weighted by atomic mass is 9.83. The summed E-state index contributed by atoms with van der Waals surface area (Å²) in [6, 6.07) is 10.3. The summed E-state index contributed by atoms with van der Waals surface area (Å²) in [4.78, 5) is 13.8. The van der Waals surface area contributed by atoms with Crippen molar-refractivity contribution in [1.82, 2.24) is 4.90 Å². The summed E-state index contributed by atoms with van der Waals surface area (Å²) in [5.41, 5.74) is 2.67. The topological polar surface area (TPSA) is 43.9 Å². The minimum atomic E-state index is -0.153. The number of aryl methyl sites for hydroxylation is 1. The van der Waals surface area contributed by atoms with Gasteiger partial charge in [0.25, 0.3) is 0 Å². The van der Waals surface area contributed by atoms with Crippen LogP contribution in [0.4, 0.5) is 0 Å². The average Bonchev–Trinajstić information content (AvgIpc) is 3.17. The molecule has 0 radical (unpaired) electrons. The van der Waals surface area contributed by atoms with Crippen molar-refractivity contribution < 1.29 is 4.79 Å². The number of hydrogen-bond donors (Lipinski definition) is 0. The number of amides is 1. The largest absolute Gasteiger partial charge is 0.321 e. The maximum atomic E-state index is 12.1. The Kier molecular flexibility index (Phi) is 2.36. The molecule has 3 rings (SSSR count). The Labute approximate surface area is 101 Å². The number of rotatable bonds is 1. The van der Waals surface area contributed by atoms with Gasteiger partial charge in [0.2, 0.25) is 5.91 Å². The van der Waals surface area contributed by atoms with Gasteiger partial charge in [-0.1, -0.05) is 24.3 Å². The summed E-state index contributed by atoms with van der Waals surface area (Å²) in [5.74, 6) is 0.259. The van der Waals surface area contributed by atoms with E-state index in [1.165, 1.54) is 11.1 Å². The molecule has 0 saturated carbocycles. The van der Waals surface area contributed by atoms with E-state index in [1.807, 2.05) is 6.07 Å². The molecule has 3 heteroatoms. The second kappa shape index (κ2) is 3.89. The second-order valence-corrected chi connectivity index (χ2v) is 4.84. The van der Waals surface area contributed by atoms with Crippen molar-refractivity contribution in [1.29, 1.82) is 5.26 Å². The molecule has 17 heavy (non-hydrogen) atoms. The molecule has 1 fully saturated rings. The third-order valence-corrected chi connectivity index (χ3v) is 3.74. The van der Waals surface area contributed by atoms with Crippen molar-refractivity contribution in [3.63, 3.8) is 0 Å². The zero-order valence-corrected chi connectivity index (χ0v) is 9.60. The lowest BCUT2D eigenvalue weighted by Crippen LogP contribution is -2.28. The molecular formula is C14H14N2O. The fraction of sp³-hybridized carbons (Fsp3) is 0.429. The quantitative estimate of drug-likeness (QED) is 0.681. The van der Waals surface area contributed by atoms with E-state index < -0.39 is 0 Å². The number of hydrogen-bond acceptors (Lipinski definition) is 2. The van der Waals surface area contributed by atoms with Crippen LogP contribution in [0.1, 0.15) is 17.5 Å². The molecule has 1 aromatic rings. The van der Waals surface area contributed by atoms with Crippen LogP contribution in [-0.4, -0.2) is 23.4 Å². The molecule has 1 aromatic carbocycles. The Morgan fingerprint density at radius 2 is 2.12 bits per heavy atom. The van der Waals surface area contributed by atoms with Gasteiger partial charge < -0.3 is 4.90 Å². The van der Waals surface area contributed by atoms with Crippen LogP contribution in [-0.2, 0) is 17.6 Å². The number of nitrogens with zero attached hydrogens (tertiary/aromatic N) is 2. The van der Waals surface area contributed by atoms with Gasteiger partial charge in [-0.3, -0.25) is 4.79 Å². The van der Waals surface area contributed by atoms with Crippen molar-refractivity contribution in [3.05, 3.63) is 35.4 Å². The Morgan fingerprint density at radius 1 is 1.35 bits per heavy atom. The molecule has 2 atom stereocenters. The highest BCUT2D eigenvalue weighted by atomic mass is 16.2. The zero-order chi connectivity index (χ0) is 11.8. The van der Waals surface area contributed by atoms with Crippen molar-refractivity contribution in [2.24, 2.45) is 5.92 Å². The van der Waals surface area contributed by atoms with Crippen LogP contribution in [0.2, 0.25) is 0 Å². The van der Waals surface area contributed by atoms with E-state index in [1.54, 1.807) is 4.90 Å². The molecule has 0 bridgehead atoms. The number of nitriles is 1. The molecule has 2 aliphatic rings. The van der Waals surface area contributed by atoms with E-state index in [2.05, 4.69) is 24.3 Å². The maximum absolute atomic E-state index is 12.1. The van der Waals surface area contributed by atoms with Crippen LogP contribution in [0.5, 0.6) is 0 Å². The molecule has 1 aliphatic carbocycles. The molecule has 1 amide bonds. The van der Waals surface area contributed by atoms with E-state index in [4.69, 9.17) is 5.26 Å². The van der Waals surface area contributed by atoms with Crippen LogP contribution < -0.4 is 0 Å². The smallest absolute Gasteiger partial charge is 0.227 e. The van der Waals surface area contributed by atoms with Crippen LogP contribution in [0.15, 0.2) is 24.3 Å². The first-order chi connectivity index (χ1) is 8.29. The number of carbonyl (C=O) groups excluding carboxylic acids is 1. The molecular weight excluding hydrogens is 212 g/mol. The Hall–Kier alpha value is -1.82. The highest BCUT2D eigenvalue weighted by Gasteiger charge is 2.42. The van der Waals surface area contributed by atoms with E-state index in [0.717, 1.165) is 19.3 Å². The predicted molar refractivity (Wildman–Crippen MR) is 63.1 cm³/mol. The average molecular weight is 226 g/mol. The third kappa shape index (κ3) is 1.80. The van der Waals surface area contributed by atoms with E-state index in [0.29, 0.717) is 6.54 Å². The minimum Gasteiger partial charge on any atom is -0.321 e. The van der Waals surface area contributed by atoms with Crippen molar-refractivity contribution in [2.45, 2.75) is 25.3 Å².